The molecule has 0 unspecified atom stereocenters. The molecule has 1 aliphatic rings. The van der Waals surface area contributed by atoms with Crippen LogP contribution in [0.5, 0.6) is 5.75 Å². The first-order valence-corrected chi connectivity index (χ1v) is 6.54. The minimum Gasteiger partial charge on any atom is -0.496 e. The third kappa shape index (κ3) is 2.24. The molecule has 4 nitrogen and oxygen atoms in total. The smallest absolute Gasteiger partial charge is 0.128 e. The standard InChI is InChI=1S/C16H15N3O/c1-20-16-6-5-10(9-17)7-12(16)15-4-2-3-14(19-15)11-8-13(11)18/h2-7,11,13H,8,18H2,1H3/t11-,13-/m1/s1. The molecule has 3 rings (SSSR count). The highest BCUT2D eigenvalue weighted by Gasteiger charge is 2.36. The molecule has 1 aromatic heterocycles. The van der Waals surface area contributed by atoms with Crippen LogP contribution in [0.25, 0.3) is 11.3 Å². The Kier molecular flexibility index (Phi) is 3.13. The monoisotopic (exact) mass is 265 g/mol. The molecule has 0 radical (unpaired) electrons. The third-order valence-corrected chi connectivity index (χ3v) is 3.59. The van der Waals surface area contributed by atoms with Crippen molar-refractivity contribution in [1.82, 2.24) is 4.98 Å². The van der Waals surface area contributed by atoms with Gasteiger partial charge in [0, 0.05) is 23.2 Å². The van der Waals surface area contributed by atoms with Crippen molar-refractivity contribution >= 4 is 0 Å². The van der Waals surface area contributed by atoms with E-state index in [0.717, 1.165) is 23.4 Å². The number of aromatic nitrogens is 1. The van der Waals surface area contributed by atoms with Gasteiger partial charge >= 0.3 is 0 Å². The van der Waals surface area contributed by atoms with Crippen molar-refractivity contribution in [3.05, 3.63) is 47.7 Å². The average Bonchev–Trinajstić information content (AvgIpc) is 3.23. The minimum atomic E-state index is 0.227. The fourth-order valence-electron chi connectivity index (χ4n) is 2.34. The molecule has 20 heavy (non-hydrogen) atoms. The van der Waals surface area contributed by atoms with Crippen LogP contribution in [0.1, 0.15) is 23.6 Å². The highest BCUT2D eigenvalue weighted by molar-refractivity contribution is 5.69. The summed E-state index contributed by atoms with van der Waals surface area (Å²) in [6, 6.07) is 13.6. The molecular formula is C16H15N3O. The summed E-state index contributed by atoms with van der Waals surface area (Å²) in [4.78, 5) is 4.67. The molecule has 2 N–H and O–H groups in total. The summed E-state index contributed by atoms with van der Waals surface area (Å²) >= 11 is 0. The van der Waals surface area contributed by atoms with Crippen molar-refractivity contribution in [3.8, 4) is 23.1 Å². The van der Waals surface area contributed by atoms with Gasteiger partial charge in [-0.15, -0.1) is 0 Å². The molecule has 100 valence electrons. The predicted molar refractivity (Wildman–Crippen MR) is 76.3 cm³/mol. The van der Waals surface area contributed by atoms with Crippen LogP contribution in [0.15, 0.2) is 36.4 Å². The van der Waals surface area contributed by atoms with E-state index in [1.54, 1.807) is 25.3 Å². The zero-order chi connectivity index (χ0) is 14.1. The molecule has 1 heterocycles. The molecule has 2 aromatic rings. The van der Waals surface area contributed by atoms with E-state index < -0.39 is 0 Å². The Hall–Kier alpha value is -2.38. The largest absolute Gasteiger partial charge is 0.496 e. The third-order valence-electron chi connectivity index (χ3n) is 3.59. The van der Waals surface area contributed by atoms with Crippen molar-refractivity contribution in [2.75, 3.05) is 7.11 Å². The molecule has 1 aromatic carbocycles. The lowest BCUT2D eigenvalue weighted by atomic mass is 10.1. The lowest BCUT2D eigenvalue weighted by Gasteiger charge is -2.09. The second-order valence-corrected chi connectivity index (χ2v) is 4.98. The van der Waals surface area contributed by atoms with Crippen LogP contribution in [0.3, 0.4) is 0 Å². The van der Waals surface area contributed by atoms with Crippen molar-refractivity contribution in [3.63, 3.8) is 0 Å². The summed E-state index contributed by atoms with van der Waals surface area (Å²) in [5, 5.41) is 9.03. The second kappa shape index (κ2) is 4.95. The van der Waals surface area contributed by atoms with E-state index in [1.165, 1.54) is 0 Å². The van der Waals surface area contributed by atoms with Crippen LogP contribution >= 0.6 is 0 Å². The zero-order valence-electron chi connectivity index (χ0n) is 11.2. The Labute approximate surface area is 117 Å². The fraction of sp³-hybridized carbons (Fsp3) is 0.250. The van der Waals surface area contributed by atoms with E-state index in [9.17, 15) is 0 Å². The van der Waals surface area contributed by atoms with Gasteiger partial charge in [0.15, 0.2) is 0 Å². The number of methoxy groups -OCH3 is 1. The Bertz CT molecular complexity index is 690. The molecule has 4 heteroatoms. The van der Waals surface area contributed by atoms with Crippen molar-refractivity contribution in [2.24, 2.45) is 5.73 Å². The average molecular weight is 265 g/mol. The first-order valence-electron chi connectivity index (χ1n) is 6.54. The Balaban J connectivity index is 2.06. The summed E-state index contributed by atoms with van der Waals surface area (Å²) < 4.78 is 5.36. The highest BCUT2D eigenvalue weighted by atomic mass is 16.5. The fourth-order valence-corrected chi connectivity index (χ4v) is 2.34. The molecule has 0 bridgehead atoms. The topological polar surface area (TPSA) is 71.9 Å². The van der Waals surface area contributed by atoms with Gasteiger partial charge in [-0.3, -0.25) is 4.98 Å². The molecule has 0 saturated heterocycles. The number of hydrogen-bond acceptors (Lipinski definition) is 4. The summed E-state index contributed by atoms with van der Waals surface area (Å²) in [6.07, 6.45) is 0.992. The number of nitrogens with two attached hydrogens (primary N) is 1. The molecule has 0 amide bonds. The number of nitrogens with zero attached hydrogens (tertiary/aromatic N) is 2. The van der Waals surface area contributed by atoms with E-state index >= 15 is 0 Å². The van der Waals surface area contributed by atoms with Crippen LogP contribution in [0, 0.1) is 11.3 Å². The predicted octanol–water partition coefficient (Wildman–Crippen LogP) is 2.44. The van der Waals surface area contributed by atoms with E-state index in [-0.39, 0.29) is 6.04 Å². The van der Waals surface area contributed by atoms with Gasteiger partial charge in [-0.1, -0.05) is 6.07 Å². The lowest BCUT2D eigenvalue weighted by Crippen LogP contribution is -2.02. The maximum Gasteiger partial charge on any atom is 0.128 e. The highest BCUT2D eigenvalue weighted by Crippen LogP contribution is 2.39. The summed E-state index contributed by atoms with van der Waals surface area (Å²) in [5.41, 5.74) is 9.14. The first kappa shape index (κ1) is 12.6. The van der Waals surface area contributed by atoms with Gasteiger partial charge in [0.05, 0.1) is 24.4 Å². The van der Waals surface area contributed by atoms with Crippen LogP contribution < -0.4 is 10.5 Å². The molecule has 1 aliphatic carbocycles. The molecular weight excluding hydrogens is 250 g/mol. The number of nitriles is 1. The lowest BCUT2D eigenvalue weighted by molar-refractivity contribution is 0.416. The van der Waals surface area contributed by atoms with Crippen LogP contribution in [0.4, 0.5) is 0 Å². The molecule has 0 aliphatic heterocycles. The van der Waals surface area contributed by atoms with Gasteiger partial charge in [0.1, 0.15) is 5.75 Å². The maximum absolute atomic E-state index is 9.03. The van der Waals surface area contributed by atoms with Crippen molar-refractivity contribution in [2.45, 2.75) is 18.4 Å². The summed E-state index contributed by atoms with van der Waals surface area (Å²) in [7, 11) is 1.62. The Morgan fingerprint density at radius 2 is 2.15 bits per heavy atom. The van der Waals surface area contributed by atoms with Gasteiger partial charge in [0.25, 0.3) is 0 Å². The molecule has 0 spiro atoms. The number of pyridine rings is 1. The van der Waals surface area contributed by atoms with Crippen LogP contribution in [-0.4, -0.2) is 18.1 Å². The van der Waals surface area contributed by atoms with E-state index in [0.29, 0.717) is 17.2 Å². The van der Waals surface area contributed by atoms with Crippen molar-refractivity contribution in [1.29, 1.82) is 5.26 Å². The van der Waals surface area contributed by atoms with Gasteiger partial charge < -0.3 is 10.5 Å². The molecule has 1 fully saturated rings. The Morgan fingerprint density at radius 1 is 1.35 bits per heavy atom. The number of hydrogen-bond donors (Lipinski definition) is 1. The zero-order valence-corrected chi connectivity index (χ0v) is 11.2. The number of rotatable bonds is 3. The molecule has 1 saturated carbocycles. The quantitative estimate of drug-likeness (QED) is 0.925. The van der Waals surface area contributed by atoms with E-state index in [1.807, 2.05) is 18.2 Å². The first-order chi connectivity index (χ1) is 9.72. The van der Waals surface area contributed by atoms with Crippen LogP contribution in [-0.2, 0) is 0 Å². The van der Waals surface area contributed by atoms with Gasteiger partial charge in [-0.2, -0.15) is 5.26 Å². The SMILES string of the molecule is COc1ccc(C#N)cc1-c1cccc([C@@H]2C[C@H]2N)n1. The number of ether oxygens (including phenoxy) is 1. The second-order valence-electron chi connectivity index (χ2n) is 4.98. The molecule has 2 atom stereocenters. The van der Waals surface area contributed by atoms with Crippen molar-refractivity contribution < 1.29 is 4.74 Å². The summed E-state index contributed by atoms with van der Waals surface area (Å²) in [6.45, 7) is 0. The Morgan fingerprint density at radius 3 is 2.80 bits per heavy atom. The summed E-state index contributed by atoms with van der Waals surface area (Å²) in [5.74, 6) is 1.08. The normalized spacial score (nSPS) is 20.2. The maximum atomic E-state index is 9.03. The van der Waals surface area contributed by atoms with E-state index in [4.69, 9.17) is 15.7 Å². The van der Waals surface area contributed by atoms with Crippen LogP contribution in [0.2, 0.25) is 0 Å². The van der Waals surface area contributed by atoms with Gasteiger partial charge in [-0.25, -0.2) is 0 Å². The minimum absolute atomic E-state index is 0.227. The van der Waals surface area contributed by atoms with Gasteiger partial charge in [-0.05, 0) is 36.8 Å². The van der Waals surface area contributed by atoms with Gasteiger partial charge in [0.2, 0.25) is 0 Å². The van der Waals surface area contributed by atoms with E-state index in [2.05, 4.69) is 11.1 Å². The number of benzene rings is 1.